The lowest BCUT2D eigenvalue weighted by Crippen LogP contribution is -2.34. The molecule has 23 heavy (non-hydrogen) atoms. The van der Waals surface area contributed by atoms with Gasteiger partial charge in [0.05, 0.1) is 23.0 Å². The lowest BCUT2D eigenvalue weighted by molar-refractivity contribution is -0.126. The first-order chi connectivity index (χ1) is 11.1. The molecular weight excluding hydrogens is 316 g/mol. The number of benzene rings is 1. The molecule has 1 aliphatic rings. The summed E-state index contributed by atoms with van der Waals surface area (Å²) < 4.78 is 1.89. The second kappa shape index (κ2) is 6.83. The van der Waals surface area contributed by atoms with Crippen molar-refractivity contribution in [2.75, 3.05) is 18.0 Å². The number of anilines is 1. The minimum Gasteiger partial charge on any atom is -0.354 e. The van der Waals surface area contributed by atoms with E-state index in [4.69, 9.17) is 11.6 Å². The molecule has 1 aliphatic heterocycles. The van der Waals surface area contributed by atoms with Crippen LogP contribution in [-0.4, -0.2) is 34.5 Å². The van der Waals surface area contributed by atoms with Crippen molar-refractivity contribution in [2.24, 2.45) is 5.92 Å². The number of amides is 2. The summed E-state index contributed by atoms with van der Waals surface area (Å²) in [6.45, 7) is 1.52. The molecule has 0 unspecified atom stereocenters. The Morgan fingerprint density at radius 2 is 2.22 bits per heavy atom. The first-order valence-electron chi connectivity index (χ1n) is 7.43. The van der Waals surface area contributed by atoms with Crippen LogP contribution in [0, 0.1) is 5.92 Å². The standard InChI is InChI=1S/C16H17ClN4O2/c17-13-3-1-2-4-14(13)21-10-12(9-15(21)22)16(23)19-6-8-20-7-5-18-11-20/h1-5,7,11-12H,6,8-10H2,(H,19,23)/t12-/m1/s1. The molecule has 7 heteroatoms. The summed E-state index contributed by atoms with van der Waals surface area (Å²) in [5.74, 6) is -0.526. The lowest BCUT2D eigenvalue weighted by atomic mass is 10.1. The molecular formula is C16H17ClN4O2. The highest BCUT2D eigenvalue weighted by molar-refractivity contribution is 6.33. The molecule has 0 radical (unpaired) electrons. The van der Waals surface area contributed by atoms with E-state index in [1.807, 2.05) is 22.9 Å². The van der Waals surface area contributed by atoms with Crippen molar-refractivity contribution >= 4 is 29.1 Å². The molecule has 6 nitrogen and oxygen atoms in total. The molecule has 1 atom stereocenters. The molecule has 0 saturated carbocycles. The maximum Gasteiger partial charge on any atom is 0.227 e. The fourth-order valence-corrected chi connectivity index (χ4v) is 2.90. The Labute approximate surface area is 139 Å². The Hall–Kier alpha value is -2.34. The van der Waals surface area contributed by atoms with Gasteiger partial charge in [0.15, 0.2) is 0 Å². The summed E-state index contributed by atoms with van der Waals surface area (Å²) in [7, 11) is 0. The minimum absolute atomic E-state index is 0.0761. The zero-order valence-electron chi connectivity index (χ0n) is 12.5. The Kier molecular flexibility index (Phi) is 4.62. The zero-order chi connectivity index (χ0) is 16.2. The monoisotopic (exact) mass is 332 g/mol. The van der Waals surface area contributed by atoms with E-state index >= 15 is 0 Å². The molecule has 2 aromatic rings. The molecule has 1 N–H and O–H groups in total. The van der Waals surface area contributed by atoms with Crippen molar-refractivity contribution < 1.29 is 9.59 Å². The number of rotatable bonds is 5. The van der Waals surface area contributed by atoms with Gasteiger partial charge in [0, 0.05) is 38.4 Å². The predicted octanol–water partition coefficient (Wildman–Crippen LogP) is 1.71. The summed E-state index contributed by atoms with van der Waals surface area (Å²) in [5, 5.41) is 3.39. The molecule has 1 aromatic heterocycles. The molecule has 1 saturated heterocycles. The van der Waals surface area contributed by atoms with Crippen LogP contribution in [-0.2, 0) is 16.1 Å². The van der Waals surface area contributed by atoms with Gasteiger partial charge in [-0.3, -0.25) is 9.59 Å². The first kappa shape index (κ1) is 15.6. The molecule has 2 amide bonds. The molecule has 1 fully saturated rings. The van der Waals surface area contributed by atoms with E-state index in [1.165, 1.54) is 0 Å². The number of para-hydroxylation sites is 1. The van der Waals surface area contributed by atoms with Crippen LogP contribution in [0.4, 0.5) is 5.69 Å². The van der Waals surface area contributed by atoms with Gasteiger partial charge in [-0.15, -0.1) is 0 Å². The molecule has 0 bridgehead atoms. The number of carbonyl (C=O) groups excluding carboxylic acids is 2. The first-order valence-corrected chi connectivity index (χ1v) is 7.81. The number of nitrogens with one attached hydrogen (secondary N) is 1. The molecule has 3 rings (SSSR count). The van der Waals surface area contributed by atoms with Crippen molar-refractivity contribution in [1.82, 2.24) is 14.9 Å². The fourth-order valence-electron chi connectivity index (χ4n) is 2.66. The van der Waals surface area contributed by atoms with Crippen LogP contribution in [0.5, 0.6) is 0 Å². The minimum atomic E-state index is -0.346. The van der Waals surface area contributed by atoms with Crippen LogP contribution < -0.4 is 10.2 Å². The van der Waals surface area contributed by atoms with Crippen molar-refractivity contribution in [3.63, 3.8) is 0 Å². The Morgan fingerprint density at radius 3 is 2.96 bits per heavy atom. The van der Waals surface area contributed by atoms with Crippen molar-refractivity contribution in [3.8, 4) is 0 Å². The number of imidazole rings is 1. The number of aromatic nitrogens is 2. The zero-order valence-corrected chi connectivity index (χ0v) is 13.2. The van der Waals surface area contributed by atoms with Crippen molar-refractivity contribution in [1.29, 1.82) is 0 Å². The summed E-state index contributed by atoms with van der Waals surface area (Å²) in [5.41, 5.74) is 0.660. The average molecular weight is 333 g/mol. The van der Waals surface area contributed by atoms with E-state index < -0.39 is 0 Å². The van der Waals surface area contributed by atoms with Crippen LogP contribution in [0.3, 0.4) is 0 Å². The molecule has 120 valence electrons. The van der Waals surface area contributed by atoms with Crippen LogP contribution in [0.2, 0.25) is 5.02 Å². The van der Waals surface area contributed by atoms with Gasteiger partial charge in [-0.05, 0) is 12.1 Å². The van der Waals surface area contributed by atoms with Gasteiger partial charge in [-0.25, -0.2) is 4.98 Å². The Balaban J connectivity index is 1.56. The highest BCUT2D eigenvalue weighted by Crippen LogP contribution is 2.30. The quantitative estimate of drug-likeness (QED) is 0.906. The summed E-state index contributed by atoms with van der Waals surface area (Å²) in [6.07, 6.45) is 5.44. The third-order valence-corrected chi connectivity index (χ3v) is 4.19. The third kappa shape index (κ3) is 3.53. The number of hydrogen-bond acceptors (Lipinski definition) is 3. The van der Waals surface area contributed by atoms with Gasteiger partial charge < -0.3 is 14.8 Å². The van der Waals surface area contributed by atoms with Gasteiger partial charge in [-0.2, -0.15) is 0 Å². The van der Waals surface area contributed by atoms with Crippen LogP contribution in [0.25, 0.3) is 0 Å². The summed E-state index contributed by atoms with van der Waals surface area (Å²) >= 11 is 6.13. The Bertz CT molecular complexity index is 702. The van der Waals surface area contributed by atoms with Crippen LogP contribution >= 0.6 is 11.6 Å². The van der Waals surface area contributed by atoms with E-state index in [1.54, 1.807) is 29.6 Å². The second-order valence-electron chi connectivity index (χ2n) is 5.45. The molecule has 2 heterocycles. The van der Waals surface area contributed by atoms with E-state index in [0.29, 0.717) is 30.3 Å². The van der Waals surface area contributed by atoms with Crippen molar-refractivity contribution in [3.05, 3.63) is 48.0 Å². The van der Waals surface area contributed by atoms with Gasteiger partial charge in [-0.1, -0.05) is 23.7 Å². The van der Waals surface area contributed by atoms with Gasteiger partial charge in [0.25, 0.3) is 0 Å². The largest absolute Gasteiger partial charge is 0.354 e. The normalized spacial score (nSPS) is 17.5. The van der Waals surface area contributed by atoms with E-state index in [9.17, 15) is 9.59 Å². The number of hydrogen-bond donors (Lipinski definition) is 1. The van der Waals surface area contributed by atoms with E-state index in [-0.39, 0.29) is 24.2 Å². The fraction of sp³-hybridized carbons (Fsp3) is 0.312. The Morgan fingerprint density at radius 1 is 1.39 bits per heavy atom. The average Bonchev–Trinajstić information content (AvgIpc) is 3.17. The van der Waals surface area contributed by atoms with Crippen molar-refractivity contribution in [2.45, 2.75) is 13.0 Å². The number of carbonyl (C=O) groups is 2. The maximum absolute atomic E-state index is 12.2. The van der Waals surface area contributed by atoms with Crippen LogP contribution in [0.15, 0.2) is 43.0 Å². The predicted molar refractivity (Wildman–Crippen MR) is 87.1 cm³/mol. The van der Waals surface area contributed by atoms with Gasteiger partial charge in [0.2, 0.25) is 11.8 Å². The molecule has 0 aliphatic carbocycles. The maximum atomic E-state index is 12.2. The van der Waals surface area contributed by atoms with E-state index in [0.717, 1.165) is 0 Å². The highest BCUT2D eigenvalue weighted by Gasteiger charge is 2.35. The summed E-state index contributed by atoms with van der Waals surface area (Å²) in [4.78, 5) is 29.9. The second-order valence-corrected chi connectivity index (χ2v) is 5.86. The highest BCUT2D eigenvalue weighted by atomic mass is 35.5. The lowest BCUT2D eigenvalue weighted by Gasteiger charge is -2.18. The van der Waals surface area contributed by atoms with Gasteiger partial charge in [0.1, 0.15) is 0 Å². The van der Waals surface area contributed by atoms with Crippen LogP contribution in [0.1, 0.15) is 6.42 Å². The number of nitrogens with zero attached hydrogens (tertiary/aromatic N) is 3. The molecule has 1 aromatic carbocycles. The topological polar surface area (TPSA) is 67.2 Å². The smallest absolute Gasteiger partial charge is 0.227 e. The SMILES string of the molecule is O=C(NCCn1ccnc1)[C@@H]1CC(=O)N(c2ccccc2Cl)C1. The number of halogens is 1. The van der Waals surface area contributed by atoms with E-state index in [2.05, 4.69) is 10.3 Å². The summed E-state index contributed by atoms with van der Waals surface area (Å²) in [6, 6.07) is 7.17. The van der Waals surface area contributed by atoms with Gasteiger partial charge >= 0.3 is 0 Å². The third-order valence-electron chi connectivity index (χ3n) is 3.87. The molecule has 0 spiro atoms.